The molecular weight excluding hydrogens is 272 g/mol. The fraction of sp³-hybridized carbons (Fsp3) is 0.818. The topological polar surface area (TPSA) is 80.5 Å². The molecule has 2 fully saturated rings. The van der Waals surface area contributed by atoms with E-state index in [1.807, 2.05) is 0 Å². The molecule has 1 atom stereocenters. The SMILES string of the molecule is CC1CS(=O)(=O)CCN1C(=O)C1(C(N)=S)CCC1. The molecule has 1 amide bonds. The summed E-state index contributed by atoms with van der Waals surface area (Å²) in [6, 6.07) is -0.289. The first-order valence-corrected chi connectivity index (χ1v) is 8.33. The van der Waals surface area contributed by atoms with E-state index in [-0.39, 0.29) is 35.0 Å². The van der Waals surface area contributed by atoms with Gasteiger partial charge in [-0.2, -0.15) is 0 Å². The Labute approximate surface area is 113 Å². The molecule has 18 heavy (non-hydrogen) atoms. The number of carbonyl (C=O) groups is 1. The van der Waals surface area contributed by atoms with Crippen molar-refractivity contribution in [3.63, 3.8) is 0 Å². The Hall–Kier alpha value is -0.690. The Bertz CT molecular complexity index is 483. The Morgan fingerprint density at radius 2 is 2.06 bits per heavy atom. The van der Waals surface area contributed by atoms with Gasteiger partial charge in [0.2, 0.25) is 5.91 Å². The number of amides is 1. The van der Waals surface area contributed by atoms with E-state index in [1.165, 1.54) is 0 Å². The van der Waals surface area contributed by atoms with Crippen molar-refractivity contribution in [1.29, 1.82) is 0 Å². The van der Waals surface area contributed by atoms with Crippen LogP contribution < -0.4 is 5.73 Å². The predicted octanol–water partition coefficient (Wildman–Crippen LogP) is 0.0883. The summed E-state index contributed by atoms with van der Waals surface area (Å²) in [5.74, 6) is -0.00788. The predicted molar refractivity (Wildman–Crippen MR) is 72.9 cm³/mol. The van der Waals surface area contributed by atoms with Gasteiger partial charge in [0.25, 0.3) is 0 Å². The van der Waals surface area contributed by atoms with Crippen molar-refractivity contribution in [2.24, 2.45) is 11.1 Å². The van der Waals surface area contributed by atoms with Crippen molar-refractivity contribution < 1.29 is 13.2 Å². The molecule has 102 valence electrons. The monoisotopic (exact) mass is 290 g/mol. The number of nitrogens with zero attached hydrogens (tertiary/aromatic N) is 1. The van der Waals surface area contributed by atoms with E-state index in [2.05, 4.69) is 0 Å². The van der Waals surface area contributed by atoms with Gasteiger partial charge in [0.15, 0.2) is 9.84 Å². The van der Waals surface area contributed by atoms with Gasteiger partial charge < -0.3 is 10.6 Å². The van der Waals surface area contributed by atoms with E-state index in [4.69, 9.17) is 18.0 Å². The maximum absolute atomic E-state index is 12.5. The van der Waals surface area contributed by atoms with E-state index in [1.54, 1.807) is 11.8 Å². The second-order valence-corrected chi connectivity index (χ2v) is 7.93. The van der Waals surface area contributed by atoms with Crippen LogP contribution in [0.5, 0.6) is 0 Å². The fourth-order valence-electron chi connectivity index (χ4n) is 2.67. The maximum Gasteiger partial charge on any atom is 0.235 e. The lowest BCUT2D eigenvalue weighted by Crippen LogP contribution is -2.59. The fourth-order valence-corrected chi connectivity index (χ4v) is 4.52. The first-order valence-electron chi connectivity index (χ1n) is 6.10. The first kappa shape index (κ1) is 13.7. The van der Waals surface area contributed by atoms with Crippen LogP contribution in [0.4, 0.5) is 0 Å². The van der Waals surface area contributed by atoms with Crippen molar-refractivity contribution in [2.45, 2.75) is 32.2 Å². The van der Waals surface area contributed by atoms with Crippen LogP contribution in [0.15, 0.2) is 0 Å². The van der Waals surface area contributed by atoms with E-state index in [0.29, 0.717) is 12.8 Å². The van der Waals surface area contributed by atoms with Crippen LogP contribution in [0.3, 0.4) is 0 Å². The lowest BCUT2D eigenvalue weighted by molar-refractivity contribution is -0.143. The summed E-state index contributed by atoms with van der Waals surface area (Å²) in [4.78, 5) is 14.4. The highest BCUT2D eigenvalue weighted by Gasteiger charge is 2.50. The van der Waals surface area contributed by atoms with Gasteiger partial charge in [0, 0.05) is 12.6 Å². The number of nitrogens with two attached hydrogens (primary N) is 1. The smallest absolute Gasteiger partial charge is 0.235 e. The van der Waals surface area contributed by atoms with E-state index < -0.39 is 15.3 Å². The second kappa shape index (κ2) is 4.45. The third-order valence-electron chi connectivity index (χ3n) is 4.02. The normalized spacial score (nSPS) is 29.4. The van der Waals surface area contributed by atoms with Crippen LogP contribution in [0.25, 0.3) is 0 Å². The molecule has 0 bridgehead atoms. The van der Waals surface area contributed by atoms with Crippen LogP contribution in [-0.4, -0.2) is 48.3 Å². The standard InChI is InChI=1S/C11H18N2O3S2/c1-8-7-18(15,16)6-5-13(8)10(14)11(9(12)17)3-2-4-11/h8H,2-7H2,1H3,(H2,12,17). The van der Waals surface area contributed by atoms with Crippen molar-refractivity contribution in [3.05, 3.63) is 0 Å². The zero-order valence-corrected chi connectivity index (χ0v) is 12.0. The molecule has 2 N–H and O–H groups in total. The molecule has 0 aromatic heterocycles. The summed E-state index contributed by atoms with van der Waals surface area (Å²) in [6.07, 6.45) is 2.33. The summed E-state index contributed by atoms with van der Waals surface area (Å²) in [5, 5.41) is 0. The molecule has 0 aromatic carbocycles. The highest BCUT2D eigenvalue weighted by atomic mass is 32.2. The Morgan fingerprint density at radius 3 is 2.44 bits per heavy atom. The molecule has 1 unspecified atom stereocenters. The minimum atomic E-state index is -3.01. The number of sulfone groups is 1. The Morgan fingerprint density at radius 1 is 1.44 bits per heavy atom. The molecular formula is C11H18N2O3S2. The van der Waals surface area contributed by atoms with Crippen LogP contribution in [0.2, 0.25) is 0 Å². The number of rotatable bonds is 2. The largest absolute Gasteiger partial charge is 0.392 e. The van der Waals surface area contributed by atoms with Crippen molar-refractivity contribution in [2.75, 3.05) is 18.1 Å². The average molecular weight is 290 g/mol. The maximum atomic E-state index is 12.5. The molecule has 0 spiro atoms. The van der Waals surface area contributed by atoms with E-state index >= 15 is 0 Å². The molecule has 1 aliphatic heterocycles. The van der Waals surface area contributed by atoms with Crippen molar-refractivity contribution >= 4 is 33.0 Å². The number of carbonyl (C=O) groups excluding carboxylic acids is 1. The molecule has 0 aromatic rings. The molecule has 1 saturated heterocycles. The summed E-state index contributed by atoms with van der Waals surface area (Å²) < 4.78 is 23.0. The van der Waals surface area contributed by atoms with Gasteiger partial charge in [-0.15, -0.1) is 0 Å². The average Bonchev–Trinajstić information content (AvgIpc) is 2.12. The Balaban J connectivity index is 2.17. The molecule has 1 heterocycles. The van der Waals surface area contributed by atoms with Gasteiger partial charge in [-0.05, 0) is 19.8 Å². The summed E-state index contributed by atoms with van der Waals surface area (Å²) in [5.41, 5.74) is 5.00. The van der Waals surface area contributed by atoms with E-state index in [0.717, 1.165) is 6.42 Å². The van der Waals surface area contributed by atoms with Gasteiger partial charge >= 0.3 is 0 Å². The molecule has 5 nitrogen and oxygen atoms in total. The van der Waals surface area contributed by atoms with Crippen molar-refractivity contribution in [3.8, 4) is 0 Å². The van der Waals surface area contributed by atoms with Gasteiger partial charge in [-0.25, -0.2) is 8.42 Å². The summed E-state index contributed by atoms with van der Waals surface area (Å²) in [6.45, 7) is 2.02. The number of hydrogen-bond donors (Lipinski definition) is 1. The molecule has 2 aliphatic rings. The lowest BCUT2D eigenvalue weighted by atomic mass is 9.67. The van der Waals surface area contributed by atoms with E-state index in [9.17, 15) is 13.2 Å². The zero-order chi connectivity index (χ0) is 13.6. The van der Waals surface area contributed by atoms with Crippen LogP contribution >= 0.6 is 12.2 Å². The first-order chi connectivity index (χ1) is 8.28. The van der Waals surface area contributed by atoms with Gasteiger partial charge in [-0.3, -0.25) is 4.79 Å². The third-order valence-corrected chi connectivity index (χ3v) is 6.20. The third kappa shape index (κ3) is 2.14. The van der Waals surface area contributed by atoms with Crippen LogP contribution in [0.1, 0.15) is 26.2 Å². The lowest BCUT2D eigenvalue weighted by Gasteiger charge is -2.45. The molecule has 0 radical (unpaired) electrons. The second-order valence-electron chi connectivity index (χ2n) is 5.26. The zero-order valence-electron chi connectivity index (χ0n) is 10.4. The van der Waals surface area contributed by atoms with Crippen LogP contribution in [-0.2, 0) is 14.6 Å². The van der Waals surface area contributed by atoms with Gasteiger partial charge in [-0.1, -0.05) is 18.6 Å². The minimum absolute atomic E-state index is 0.0339. The van der Waals surface area contributed by atoms with Gasteiger partial charge in [0.05, 0.1) is 21.9 Å². The molecule has 7 heteroatoms. The van der Waals surface area contributed by atoms with Crippen molar-refractivity contribution in [1.82, 2.24) is 4.90 Å². The summed E-state index contributed by atoms with van der Waals surface area (Å²) >= 11 is 5.02. The highest BCUT2D eigenvalue weighted by molar-refractivity contribution is 7.91. The highest BCUT2D eigenvalue weighted by Crippen LogP contribution is 2.43. The summed E-state index contributed by atoms with van der Waals surface area (Å²) in [7, 11) is -3.01. The number of hydrogen-bond acceptors (Lipinski definition) is 4. The molecule has 1 aliphatic carbocycles. The number of thiocarbonyl (C=S) groups is 1. The minimum Gasteiger partial charge on any atom is -0.392 e. The Kier molecular flexibility index (Phi) is 3.40. The molecule has 2 rings (SSSR count). The van der Waals surface area contributed by atoms with Crippen LogP contribution in [0, 0.1) is 5.41 Å². The quantitative estimate of drug-likeness (QED) is 0.729. The van der Waals surface area contributed by atoms with Gasteiger partial charge in [0.1, 0.15) is 0 Å². The molecule has 1 saturated carbocycles.